The SMILES string of the molecule is COc1ccccc1C(=O)NNC(=O)c1csc(C2CCN(C(=O)N3CCN(c4ccccn4)CC3)CC2)n1. The maximum Gasteiger partial charge on any atom is 0.320 e. The van der Waals surface area contributed by atoms with Crippen LogP contribution in [0.5, 0.6) is 5.75 Å². The Morgan fingerprint density at radius 3 is 2.31 bits per heavy atom. The predicted octanol–water partition coefficient (Wildman–Crippen LogP) is 2.74. The van der Waals surface area contributed by atoms with Crippen molar-refractivity contribution in [2.45, 2.75) is 18.8 Å². The number of nitrogens with zero attached hydrogens (tertiary/aromatic N) is 5. The number of para-hydroxylation sites is 1. The van der Waals surface area contributed by atoms with Crippen LogP contribution in [0.15, 0.2) is 54.0 Å². The number of urea groups is 1. The van der Waals surface area contributed by atoms with E-state index in [9.17, 15) is 14.4 Å². The standard InChI is InChI=1S/C27H31N7O4S/c1-38-22-7-3-2-6-20(22)24(35)30-31-25(36)21-18-39-26(29-21)19-9-12-33(13-10-19)27(37)34-16-14-32(15-17-34)23-8-4-5-11-28-23/h2-8,11,18-19H,9-10,12-17H2,1H3,(H,30,35)(H,31,36). The molecule has 2 saturated heterocycles. The molecule has 0 unspecified atom stereocenters. The summed E-state index contributed by atoms with van der Waals surface area (Å²) in [5.41, 5.74) is 5.40. The van der Waals surface area contributed by atoms with Gasteiger partial charge in [-0.15, -0.1) is 11.3 Å². The predicted molar refractivity (Wildman–Crippen MR) is 147 cm³/mol. The van der Waals surface area contributed by atoms with Crippen LogP contribution in [0.1, 0.15) is 44.6 Å². The first-order valence-corrected chi connectivity index (χ1v) is 13.8. The lowest BCUT2D eigenvalue weighted by atomic mass is 9.98. The van der Waals surface area contributed by atoms with Crippen molar-refractivity contribution in [1.29, 1.82) is 0 Å². The van der Waals surface area contributed by atoms with Crippen molar-refractivity contribution < 1.29 is 19.1 Å². The number of nitrogens with one attached hydrogen (secondary N) is 2. The van der Waals surface area contributed by atoms with Crippen LogP contribution in [0.2, 0.25) is 0 Å². The smallest absolute Gasteiger partial charge is 0.320 e. The molecule has 2 aromatic heterocycles. The van der Waals surface area contributed by atoms with Gasteiger partial charge in [0.25, 0.3) is 11.8 Å². The van der Waals surface area contributed by atoms with Gasteiger partial charge in [-0.2, -0.15) is 0 Å². The van der Waals surface area contributed by atoms with Gasteiger partial charge in [0.15, 0.2) is 0 Å². The second-order valence-electron chi connectivity index (χ2n) is 9.39. The molecule has 11 nitrogen and oxygen atoms in total. The summed E-state index contributed by atoms with van der Waals surface area (Å²) >= 11 is 1.43. The third-order valence-corrected chi connectivity index (χ3v) is 8.04. The molecule has 12 heteroatoms. The summed E-state index contributed by atoms with van der Waals surface area (Å²) in [4.78, 5) is 53.1. The van der Waals surface area contributed by atoms with Crippen molar-refractivity contribution in [2.75, 3.05) is 51.3 Å². The van der Waals surface area contributed by atoms with E-state index in [4.69, 9.17) is 4.74 Å². The Morgan fingerprint density at radius 1 is 0.897 bits per heavy atom. The van der Waals surface area contributed by atoms with E-state index in [2.05, 4.69) is 25.7 Å². The number of rotatable bonds is 5. The fourth-order valence-corrected chi connectivity index (χ4v) is 5.81. The van der Waals surface area contributed by atoms with Crippen molar-refractivity contribution in [3.63, 3.8) is 0 Å². The van der Waals surface area contributed by atoms with Gasteiger partial charge in [-0.05, 0) is 37.1 Å². The molecule has 3 aromatic rings. The van der Waals surface area contributed by atoms with E-state index >= 15 is 0 Å². The van der Waals surface area contributed by atoms with Crippen LogP contribution in [0.4, 0.5) is 10.6 Å². The highest BCUT2D eigenvalue weighted by molar-refractivity contribution is 7.09. The van der Waals surface area contributed by atoms with Gasteiger partial charge in [-0.25, -0.2) is 14.8 Å². The number of piperidine rings is 1. The molecule has 2 aliphatic heterocycles. The number of hydrogen-bond donors (Lipinski definition) is 2. The molecule has 39 heavy (non-hydrogen) atoms. The summed E-state index contributed by atoms with van der Waals surface area (Å²) in [7, 11) is 1.48. The minimum Gasteiger partial charge on any atom is -0.496 e. The van der Waals surface area contributed by atoms with Crippen molar-refractivity contribution >= 4 is 35.0 Å². The van der Waals surface area contributed by atoms with E-state index in [1.54, 1.807) is 35.8 Å². The quantitative estimate of drug-likeness (QED) is 0.470. The van der Waals surface area contributed by atoms with Gasteiger partial charge in [0.2, 0.25) is 0 Å². The average Bonchev–Trinajstić information content (AvgIpc) is 3.50. The highest BCUT2D eigenvalue weighted by atomic mass is 32.1. The number of hydrazine groups is 1. The summed E-state index contributed by atoms with van der Waals surface area (Å²) in [5.74, 6) is 0.576. The molecule has 2 aliphatic rings. The zero-order valence-corrected chi connectivity index (χ0v) is 22.5. The van der Waals surface area contributed by atoms with Crippen LogP contribution >= 0.6 is 11.3 Å². The second kappa shape index (κ2) is 12.1. The molecule has 4 amide bonds. The summed E-state index contributed by atoms with van der Waals surface area (Å²) < 4.78 is 5.19. The first-order chi connectivity index (χ1) is 19.0. The van der Waals surface area contributed by atoms with Gasteiger partial charge in [0.05, 0.1) is 17.7 Å². The van der Waals surface area contributed by atoms with Gasteiger partial charge < -0.3 is 19.4 Å². The van der Waals surface area contributed by atoms with E-state index in [1.165, 1.54) is 18.4 Å². The van der Waals surface area contributed by atoms with Gasteiger partial charge in [0, 0.05) is 56.8 Å². The number of carbonyl (C=O) groups is 3. The van der Waals surface area contributed by atoms with Crippen LogP contribution in [0.3, 0.4) is 0 Å². The fraction of sp³-hybridized carbons (Fsp3) is 0.370. The van der Waals surface area contributed by atoms with Gasteiger partial charge in [0.1, 0.15) is 17.3 Å². The molecule has 0 bridgehead atoms. The van der Waals surface area contributed by atoms with Crippen LogP contribution in [0, 0.1) is 0 Å². The Bertz CT molecular complexity index is 1300. The first kappa shape index (κ1) is 26.4. The van der Waals surface area contributed by atoms with E-state index in [1.807, 2.05) is 28.0 Å². The highest BCUT2D eigenvalue weighted by Gasteiger charge is 2.30. The fourth-order valence-electron chi connectivity index (χ4n) is 4.84. The molecule has 1 aromatic carbocycles. The maximum absolute atomic E-state index is 13.1. The van der Waals surface area contributed by atoms with Crippen molar-refractivity contribution in [1.82, 2.24) is 30.6 Å². The Labute approximate surface area is 230 Å². The molecule has 2 N–H and O–H groups in total. The minimum atomic E-state index is -0.488. The molecule has 0 atom stereocenters. The lowest BCUT2D eigenvalue weighted by Crippen LogP contribution is -2.54. The van der Waals surface area contributed by atoms with Gasteiger partial charge in [-0.1, -0.05) is 18.2 Å². The largest absolute Gasteiger partial charge is 0.496 e. The Hall–Kier alpha value is -4.19. The Morgan fingerprint density at radius 2 is 1.59 bits per heavy atom. The highest BCUT2D eigenvalue weighted by Crippen LogP contribution is 2.31. The summed E-state index contributed by atoms with van der Waals surface area (Å²) in [6.07, 6.45) is 3.37. The maximum atomic E-state index is 13.1. The number of anilines is 1. The molecule has 0 spiro atoms. The second-order valence-corrected chi connectivity index (χ2v) is 10.3. The average molecular weight is 550 g/mol. The number of likely N-dealkylation sites (tertiary alicyclic amines) is 1. The van der Waals surface area contributed by atoms with Crippen LogP contribution in [-0.2, 0) is 0 Å². The summed E-state index contributed by atoms with van der Waals surface area (Å²) in [6, 6.07) is 12.7. The van der Waals surface area contributed by atoms with Crippen LogP contribution in [0.25, 0.3) is 0 Å². The van der Waals surface area contributed by atoms with E-state index in [-0.39, 0.29) is 17.6 Å². The number of ether oxygens (including phenoxy) is 1. The zero-order chi connectivity index (χ0) is 27.2. The number of thiazole rings is 1. The van der Waals surface area contributed by atoms with Gasteiger partial charge in [-0.3, -0.25) is 20.4 Å². The molecule has 4 heterocycles. The molecule has 0 aliphatic carbocycles. The molecule has 0 saturated carbocycles. The van der Waals surface area contributed by atoms with Crippen LogP contribution < -0.4 is 20.5 Å². The zero-order valence-electron chi connectivity index (χ0n) is 21.7. The molecule has 204 valence electrons. The van der Waals surface area contributed by atoms with Crippen LogP contribution in [-0.4, -0.2) is 84.0 Å². The number of methoxy groups -OCH3 is 1. The van der Waals surface area contributed by atoms with E-state index < -0.39 is 11.8 Å². The summed E-state index contributed by atoms with van der Waals surface area (Å²) in [6.45, 7) is 4.19. The first-order valence-electron chi connectivity index (χ1n) is 12.9. The monoisotopic (exact) mass is 549 g/mol. The molecule has 5 rings (SSSR count). The molecule has 2 fully saturated rings. The number of amides is 4. The van der Waals surface area contributed by atoms with Crippen molar-refractivity contribution in [3.8, 4) is 5.75 Å². The number of aromatic nitrogens is 2. The third-order valence-electron chi connectivity index (χ3n) is 7.03. The number of benzene rings is 1. The Kier molecular flexibility index (Phi) is 8.21. The third kappa shape index (κ3) is 6.11. The number of pyridine rings is 1. The van der Waals surface area contributed by atoms with E-state index in [0.717, 1.165) is 36.8 Å². The molecular weight excluding hydrogens is 518 g/mol. The van der Waals surface area contributed by atoms with Crippen molar-refractivity contribution in [3.05, 3.63) is 70.3 Å². The normalized spacial score (nSPS) is 16.1. The Balaban J connectivity index is 1.08. The number of carbonyl (C=O) groups excluding carboxylic acids is 3. The molecular formula is C27H31N7O4S. The number of piperazine rings is 1. The lowest BCUT2D eigenvalue weighted by molar-refractivity contribution is 0.0842. The lowest BCUT2D eigenvalue weighted by Gasteiger charge is -2.39. The number of hydrogen-bond acceptors (Lipinski definition) is 8. The molecule has 0 radical (unpaired) electrons. The topological polar surface area (TPSA) is 120 Å². The van der Waals surface area contributed by atoms with E-state index in [0.29, 0.717) is 37.5 Å². The van der Waals surface area contributed by atoms with Gasteiger partial charge >= 0.3 is 6.03 Å². The minimum absolute atomic E-state index is 0.0825. The van der Waals surface area contributed by atoms with Crippen molar-refractivity contribution in [2.24, 2.45) is 0 Å². The summed E-state index contributed by atoms with van der Waals surface area (Å²) in [5, 5.41) is 2.56.